The van der Waals surface area contributed by atoms with Gasteiger partial charge in [0.2, 0.25) is 5.28 Å². The van der Waals surface area contributed by atoms with Gasteiger partial charge in [0, 0.05) is 11.6 Å². The summed E-state index contributed by atoms with van der Waals surface area (Å²) in [5.74, 6) is 0.574. The molecule has 0 fully saturated rings. The Morgan fingerprint density at radius 3 is 2.61 bits per heavy atom. The van der Waals surface area contributed by atoms with E-state index in [2.05, 4.69) is 26.0 Å². The van der Waals surface area contributed by atoms with Crippen molar-refractivity contribution in [2.45, 2.75) is 32.9 Å². The van der Waals surface area contributed by atoms with Gasteiger partial charge in [0.05, 0.1) is 31.4 Å². The summed E-state index contributed by atoms with van der Waals surface area (Å²) in [4.78, 5) is 18.6. The minimum atomic E-state index is -0.781. The van der Waals surface area contributed by atoms with Crippen molar-refractivity contribution in [3.63, 3.8) is 0 Å². The third-order valence-electron chi connectivity index (χ3n) is 4.17. The number of hydrogen-bond donors (Lipinski definition) is 0. The number of amides is 1. The van der Waals surface area contributed by atoms with Crippen LogP contribution in [0.3, 0.4) is 0 Å². The zero-order valence-electron chi connectivity index (χ0n) is 17.6. The predicted octanol–water partition coefficient (Wildman–Crippen LogP) is 5.24. The van der Waals surface area contributed by atoms with Crippen LogP contribution in [0, 0.1) is 5.82 Å². The fourth-order valence-corrected chi connectivity index (χ4v) is 3.48. The summed E-state index contributed by atoms with van der Waals surface area (Å²) in [6, 6.07) is 5.18. The maximum Gasteiger partial charge on any atom is 0.416 e. The zero-order valence-corrected chi connectivity index (χ0v) is 19.9. The van der Waals surface area contributed by atoms with E-state index in [-0.39, 0.29) is 27.6 Å². The number of aromatic nitrogens is 3. The highest BCUT2D eigenvalue weighted by atomic mass is 79.9. The third kappa shape index (κ3) is 5.01. The van der Waals surface area contributed by atoms with Crippen molar-refractivity contribution in [2.75, 3.05) is 19.1 Å². The number of carbonyl (C=O) groups excluding carboxylic acids is 1. The summed E-state index contributed by atoms with van der Waals surface area (Å²) in [5, 5.41) is 3.81. The summed E-state index contributed by atoms with van der Waals surface area (Å²) in [6.07, 6.45) is 0.438. The smallest absolute Gasteiger partial charge is 0.416 e. The van der Waals surface area contributed by atoms with E-state index in [1.165, 1.54) is 16.5 Å². The van der Waals surface area contributed by atoms with E-state index in [1.54, 1.807) is 46.1 Å². The molecule has 0 aliphatic rings. The number of fused-ring (bicyclic) bond motifs is 1. The molecule has 0 atom stereocenters. The number of benzene rings is 1. The fraction of sp³-hybridized carbons (Fsp3) is 0.350. The molecule has 0 N–H and O–H groups in total. The Labute approximate surface area is 192 Å². The lowest BCUT2D eigenvalue weighted by atomic mass is 10.1. The van der Waals surface area contributed by atoms with Crippen LogP contribution in [0.5, 0.6) is 11.5 Å². The molecule has 3 rings (SSSR count). The molecule has 1 amide bonds. The Morgan fingerprint density at radius 1 is 1.29 bits per heavy atom. The molecule has 0 spiro atoms. The Morgan fingerprint density at radius 2 is 2.00 bits per heavy atom. The Bertz CT molecular complexity index is 1130. The van der Waals surface area contributed by atoms with Gasteiger partial charge in [-0.25, -0.2) is 13.7 Å². The molecule has 2 aromatic heterocycles. The third-order valence-corrected chi connectivity index (χ3v) is 5.09. The van der Waals surface area contributed by atoms with Crippen LogP contribution in [0.25, 0.3) is 5.52 Å². The largest absolute Gasteiger partial charge is 0.497 e. The molecule has 0 radical (unpaired) electrons. The fourth-order valence-electron chi connectivity index (χ4n) is 2.86. The molecule has 0 aliphatic heterocycles. The number of methoxy groups -OCH3 is 2. The zero-order chi connectivity index (χ0) is 22.9. The van der Waals surface area contributed by atoms with E-state index in [1.807, 2.05) is 0 Å². The second-order valence-electron chi connectivity index (χ2n) is 7.53. The normalized spacial score (nSPS) is 11.5. The molecule has 0 saturated carbocycles. The summed E-state index contributed by atoms with van der Waals surface area (Å²) in [5.41, 5.74) is 0.0853. The molecule has 0 saturated heterocycles. The van der Waals surface area contributed by atoms with Gasteiger partial charge in [-0.05, 0) is 60.4 Å². The minimum absolute atomic E-state index is 0.00429. The van der Waals surface area contributed by atoms with Crippen molar-refractivity contribution in [2.24, 2.45) is 0 Å². The number of ether oxygens (including phenoxy) is 3. The van der Waals surface area contributed by atoms with Crippen LogP contribution in [-0.2, 0) is 11.3 Å². The molecule has 0 unspecified atom stereocenters. The Hall–Kier alpha value is -2.59. The molecule has 2 heterocycles. The maximum atomic E-state index is 14.3. The minimum Gasteiger partial charge on any atom is -0.497 e. The van der Waals surface area contributed by atoms with Crippen LogP contribution in [0.2, 0.25) is 5.28 Å². The van der Waals surface area contributed by atoms with Gasteiger partial charge in [-0.3, -0.25) is 4.90 Å². The number of rotatable bonds is 5. The highest BCUT2D eigenvalue weighted by molar-refractivity contribution is 9.10. The van der Waals surface area contributed by atoms with E-state index in [0.717, 1.165) is 6.20 Å². The van der Waals surface area contributed by atoms with Crippen molar-refractivity contribution >= 4 is 45.0 Å². The maximum absolute atomic E-state index is 14.3. The van der Waals surface area contributed by atoms with Crippen molar-refractivity contribution < 1.29 is 23.4 Å². The molecule has 1 aromatic carbocycles. The van der Waals surface area contributed by atoms with Gasteiger partial charge in [0.1, 0.15) is 22.6 Å². The Kier molecular flexibility index (Phi) is 6.61. The lowest BCUT2D eigenvalue weighted by Crippen LogP contribution is -2.37. The first-order valence-corrected chi connectivity index (χ1v) is 10.3. The van der Waals surface area contributed by atoms with E-state index in [0.29, 0.717) is 17.1 Å². The number of nitrogens with zero attached hydrogens (tertiary/aromatic N) is 4. The van der Waals surface area contributed by atoms with Crippen LogP contribution in [-0.4, -0.2) is 40.5 Å². The van der Waals surface area contributed by atoms with Gasteiger partial charge in [-0.15, -0.1) is 5.10 Å². The first kappa shape index (κ1) is 23.1. The molecular weight excluding hydrogens is 495 g/mol. The lowest BCUT2D eigenvalue weighted by molar-refractivity contribution is 0.0576. The number of carbonyl (C=O) groups is 1. The summed E-state index contributed by atoms with van der Waals surface area (Å²) in [6.45, 7) is 5.23. The van der Waals surface area contributed by atoms with E-state index in [9.17, 15) is 9.18 Å². The van der Waals surface area contributed by atoms with Crippen LogP contribution in [0.15, 0.2) is 28.9 Å². The van der Waals surface area contributed by atoms with Crippen LogP contribution < -0.4 is 14.4 Å². The van der Waals surface area contributed by atoms with Crippen molar-refractivity contribution in [1.29, 1.82) is 0 Å². The van der Waals surface area contributed by atoms with E-state index >= 15 is 0 Å². The molecule has 0 aliphatic carbocycles. The number of halogens is 3. The monoisotopic (exact) mass is 514 g/mol. The highest BCUT2D eigenvalue weighted by Gasteiger charge is 2.29. The summed E-state index contributed by atoms with van der Waals surface area (Å²) >= 11 is 9.27. The topological polar surface area (TPSA) is 78.2 Å². The average molecular weight is 516 g/mol. The van der Waals surface area contributed by atoms with Crippen molar-refractivity contribution in [3.05, 3.63) is 45.5 Å². The molecule has 8 nitrogen and oxygen atoms in total. The molecule has 3 aromatic rings. The summed E-state index contributed by atoms with van der Waals surface area (Å²) < 4.78 is 31.8. The molecule has 0 bridgehead atoms. The van der Waals surface area contributed by atoms with Crippen molar-refractivity contribution in [1.82, 2.24) is 14.6 Å². The molecule has 166 valence electrons. The van der Waals surface area contributed by atoms with Crippen molar-refractivity contribution in [3.8, 4) is 11.5 Å². The molecular formula is C20H21BrClFN4O4. The van der Waals surface area contributed by atoms with Gasteiger partial charge in [0.25, 0.3) is 0 Å². The first-order chi connectivity index (χ1) is 14.5. The molecule has 11 heteroatoms. The molecule has 31 heavy (non-hydrogen) atoms. The van der Waals surface area contributed by atoms with Crippen LogP contribution in [0.4, 0.5) is 15.0 Å². The second-order valence-corrected chi connectivity index (χ2v) is 8.66. The van der Waals surface area contributed by atoms with Gasteiger partial charge in [-0.2, -0.15) is 4.98 Å². The first-order valence-electron chi connectivity index (χ1n) is 9.15. The second kappa shape index (κ2) is 8.88. The quantitative estimate of drug-likeness (QED) is 0.462. The van der Waals surface area contributed by atoms with Crippen LogP contribution >= 0.6 is 27.5 Å². The van der Waals surface area contributed by atoms with E-state index in [4.69, 9.17) is 25.8 Å². The Balaban J connectivity index is 2.17. The number of anilines is 1. The van der Waals surface area contributed by atoms with Gasteiger partial charge in [0.15, 0.2) is 11.6 Å². The average Bonchev–Trinajstić information content (AvgIpc) is 2.97. The SMILES string of the molecule is COc1ccc(CN(C(=O)OC(C)(C)C)c2nc(Cl)nn3cc(F)c(Br)c23)c(OC)c1. The van der Waals surface area contributed by atoms with E-state index < -0.39 is 17.5 Å². The van der Waals surface area contributed by atoms with Gasteiger partial charge >= 0.3 is 6.09 Å². The van der Waals surface area contributed by atoms with Crippen LogP contribution in [0.1, 0.15) is 26.3 Å². The standard InChI is InChI=1S/C20H21BrClFN4O4/c1-20(2,3)31-19(28)26(9-11-6-7-12(29-4)8-14(11)30-5)17-16-15(21)13(23)10-27(16)25-18(22)24-17/h6-8,10H,9H2,1-5H3. The predicted molar refractivity (Wildman–Crippen MR) is 118 cm³/mol. The van der Waals surface area contributed by atoms with Gasteiger partial charge < -0.3 is 14.2 Å². The number of hydrogen-bond acceptors (Lipinski definition) is 6. The summed E-state index contributed by atoms with van der Waals surface area (Å²) in [7, 11) is 3.05. The lowest BCUT2D eigenvalue weighted by Gasteiger charge is -2.27. The highest BCUT2D eigenvalue weighted by Crippen LogP contribution is 2.34. The van der Waals surface area contributed by atoms with Gasteiger partial charge in [-0.1, -0.05) is 0 Å².